The van der Waals surface area contributed by atoms with Crippen molar-refractivity contribution in [3.05, 3.63) is 26.8 Å². The molecule has 0 atom stereocenters. The van der Waals surface area contributed by atoms with Gasteiger partial charge < -0.3 is 5.11 Å². The topological polar surface area (TPSA) is 20.2 Å². The van der Waals surface area contributed by atoms with E-state index in [4.69, 9.17) is 11.6 Å². The van der Waals surface area contributed by atoms with Crippen LogP contribution < -0.4 is 0 Å². The van der Waals surface area contributed by atoms with Crippen molar-refractivity contribution >= 4 is 55.6 Å². The first kappa shape index (κ1) is 8.59. The van der Waals surface area contributed by atoms with Crippen LogP contribution in [0.1, 0.15) is 0 Å². The zero-order chi connectivity index (χ0) is 8.72. The number of aromatic hydroxyl groups is 1. The standard InChI is InChI=1S/C8H4ClIOS/c9-5-3-1-2-4-6(10)8(11)12-7(4)5/h1-3,11H. The molecule has 0 amide bonds. The van der Waals surface area contributed by atoms with Crippen molar-refractivity contribution in [3.8, 4) is 5.06 Å². The van der Waals surface area contributed by atoms with E-state index in [0.717, 1.165) is 13.7 Å². The molecule has 1 N–H and O–H groups in total. The summed E-state index contributed by atoms with van der Waals surface area (Å²) >= 11 is 9.38. The van der Waals surface area contributed by atoms with Crippen LogP contribution in [0.3, 0.4) is 0 Å². The molecule has 0 spiro atoms. The summed E-state index contributed by atoms with van der Waals surface area (Å²) < 4.78 is 1.84. The molecule has 0 radical (unpaired) electrons. The maximum atomic E-state index is 9.42. The highest BCUT2D eigenvalue weighted by Crippen LogP contribution is 2.40. The second kappa shape index (κ2) is 3.05. The molecule has 0 saturated carbocycles. The lowest BCUT2D eigenvalue weighted by atomic mass is 10.3. The first-order valence-electron chi connectivity index (χ1n) is 3.25. The zero-order valence-corrected chi connectivity index (χ0v) is 9.57. The number of hydrogen-bond donors (Lipinski definition) is 1. The Hall–Kier alpha value is -0.000000000000000111. The SMILES string of the molecule is Oc1sc2c(Cl)cccc2c1I. The summed E-state index contributed by atoms with van der Waals surface area (Å²) in [5, 5.41) is 11.5. The molecule has 0 aliphatic carbocycles. The van der Waals surface area contributed by atoms with Crippen LogP contribution in [0.2, 0.25) is 5.02 Å². The summed E-state index contributed by atoms with van der Waals surface area (Å²) in [6.45, 7) is 0. The van der Waals surface area contributed by atoms with Crippen LogP contribution in [0, 0.1) is 3.57 Å². The van der Waals surface area contributed by atoms with Crippen LogP contribution >= 0.6 is 45.5 Å². The fourth-order valence-electron chi connectivity index (χ4n) is 1.04. The van der Waals surface area contributed by atoms with Gasteiger partial charge in [0, 0.05) is 5.39 Å². The lowest BCUT2D eigenvalue weighted by Crippen LogP contribution is -1.67. The van der Waals surface area contributed by atoms with Crippen LogP contribution in [0.25, 0.3) is 10.1 Å². The summed E-state index contributed by atoms with van der Waals surface area (Å²) in [5.74, 6) is 0. The third-order valence-electron chi connectivity index (χ3n) is 1.59. The number of fused-ring (bicyclic) bond motifs is 1. The summed E-state index contributed by atoms with van der Waals surface area (Å²) in [5.41, 5.74) is 0. The van der Waals surface area contributed by atoms with E-state index in [9.17, 15) is 5.11 Å². The third kappa shape index (κ3) is 1.20. The molecule has 2 rings (SSSR count). The van der Waals surface area contributed by atoms with E-state index in [1.807, 2.05) is 18.2 Å². The minimum atomic E-state index is 0.346. The molecule has 2 aromatic rings. The number of benzene rings is 1. The van der Waals surface area contributed by atoms with Gasteiger partial charge in [0.25, 0.3) is 0 Å². The zero-order valence-electron chi connectivity index (χ0n) is 5.84. The van der Waals surface area contributed by atoms with Crippen molar-refractivity contribution in [1.29, 1.82) is 0 Å². The predicted octanol–water partition coefficient (Wildman–Crippen LogP) is 3.86. The monoisotopic (exact) mass is 310 g/mol. The average Bonchev–Trinajstić information content (AvgIpc) is 2.32. The molecule has 12 heavy (non-hydrogen) atoms. The third-order valence-corrected chi connectivity index (χ3v) is 4.52. The van der Waals surface area contributed by atoms with Crippen molar-refractivity contribution < 1.29 is 5.11 Å². The van der Waals surface area contributed by atoms with Crippen molar-refractivity contribution in [3.63, 3.8) is 0 Å². The highest BCUT2D eigenvalue weighted by Gasteiger charge is 2.09. The summed E-state index contributed by atoms with van der Waals surface area (Å²) in [6, 6.07) is 5.67. The van der Waals surface area contributed by atoms with Crippen LogP contribution in [-0.4, -0.2) is 5.11 Å². The first-order chi connectivity index (χ1) is 5.70. The Morgan fingerprint density at radius 1 is 1.42 bits per heavy atom. The molecule has 62 valence electrons. The normalized spacial score (nSPS) is 10.8. The molecule has 0 saturated heterocycles. The van der Waals surface area contributed by atoms with E-state index < -0.39 is 0 Å². The van der Waals surface area contributed by atoms with Crippen molar-refractivity contribution in [2.24, 2.45) is 0 Å². The Labute approximate surface area is 92.1 Å². The molecule has 0 bridgehead atoms. The fourth-order valence-corrected chi connectivity index (χ4v) is 3.13. The maximum absolute atomic E-state index is 9.42. The summed E-state index contributed by atoms with van der Waals surface area (Å²) in [7, 11) is 0. The van der Waals surface area contributed by atoms with Gasteiger partial charge in [-0.25, -0.2) is 0 Å². The second-order valence-electron chi connectivity index (χ2n) is 2.34. The van der Waals surface area contributed by atoms with Gasteiger partial charge in [0.15, 0.2) is 5.06 Å². The summed E-state index contributed by atoms with van der Waals surface area (Å²) in [4.78, 5) is 0. The Morgan fingerprint density at radius 3 is 2.83 bits per heavy atom. The molecule has 4 heteroatoms. The number of halogens is 2. The Morgan fingerprint density at radius 2 is 2.17 bits per heavy atom. The second-order valence-corrected chi connectivity index (χ2v) is 4.82. The smallest absolute Gasteiger partial charge is 0.186 e. The molecule has 0 aliphatic rings. The summed E-state index contributed by atoms with van der Waals surface area (Å²) in [6.07, 6.45) is 0. The first-order valence-corrected chi connectivity index (χ1v) is 5.53. The average molecular weight is 311 g/mol. The predicted molar refractivity (Wildman–Crippen MR) is 61.2 cm³/mol. The molecule has 0 unspecified atom stereocenters. The van der Waals surface area contributed by atoms with Gasteiger partial charge in [-0.15, -0.1) is 0 Å². The van der Waals surface area contributed by atoms with Gasteiger partial charge in [0.1, 0.15) is 0 Å². The lowest BCUT2D eigenvalue weighted by molar-refractivity contribution is 0.488. The maximum Gasteiger partial charge on any atom is 0.186 e. The quantitative estimate of drug-likeness (QED) is 0.733. The molecule has 1 nitrogen and oxygen atoms in total. The van der Waals surface area contributed by atoms with Gasteiger partial charge in [-0.05, 0) is 28.7 Å². The molecule has 1 heterocycles. The highest BCUT2D eigenvalue weighted by molar-refractivity contribution is 14.1. The van der Waals surface area contributed by atoms with Crippen LogP contribution in [0.5, 0.6) is 5.06 Å². The molecular formula is C8H4ClIOS. The van der Waals surface area contributed by atoms with Gasteiger partial charge in [0.2, 0.25) is 0 Å². The fraction of sp³-hybridized carbons (Fsp3) is 0. The number of hydrogen-bond acceptors (Lipinski definition) is 2. The van der Waals surface area contributed by atoms with Crippen LogP contribution in [-0.2, 0) is 0 Å². The number of thiophene rings is 1. The van der Waals surface area contributed by atoms with Gasteiger partial charge in [-0.2, -0.15) is 0 Å². The van der Waals surface area contributed by atoms with Crippen molar-refractivity contribution in [1.82, 2.24) is 0 Å². The minimum absolute atomic E-state index is 0.346. The molecule has 1 aromatic heterocycles. The van der Waals surface area contributed by atoms with Gasteiger partial charge in [0.05, 0.1) is 13.3 Å². The number of rotatable bonds is 0. The van der Waals surface area contributed by atoms with Crippen LogP contribution in [0.4, 0.5) is 0 Å². The van der Waals surface area contributed by atoms with Crippen molar-refractivity contribution in [2.45, 2.75) is 0 Å². The Balaban J connectivity index is 2.95. The Kier molecular flexibility index (Phi) is 2.18. The van der Waals surface area contributed by atoms with E-state index >= 15 is 0 Å². The minimum Gasteiger partial charge on any atom is -0.499 e. The van der Waals surface area contributed by atoms with Crippen LogP contribution in [0.15, 0.2) is 18.2 Å². The van der Waals surface area contributed by atoms with Gasteiger partial charge in [-0.1, -0.05) is 35.1 Å². The van der Waals surface area contributed by atoms with Gasteiger partial charge >= 0.3 is 0 Å². The molecule has 0 aliphatic heterocycles. The van der Waals surface area contributed by atoms with E-state index in [1.165, 1.54) is 11.3 Å². The molecule has 0 fully saturated rings. The largest absolute Gasteiger partial charge is 0.499 e. The molecule has 1 aromatic carbocycles. The van der Waals surface area contributed by atoms with Crippen molar-refractivity contribution in [2.75, 3.05) is 0 Å². The van der Waals surface area contributed by atoms with E-state index in [0.29, 0.717) is 10.1 Å². The highest BCUT2D eigenvalue weighted by atomic mass is 127. The van der Waals surface area contributed by atoms with E-state index in [1.54, 1.807) is 0 Å². The molecular weight excluding hydrogens is 307 g/mol. The van der Waals surface area contributed by atoms with E-state index in [2.05, 4.69) is 22.6 Å². The van der Waals surface area contributed by atoms with E-state index in [-0.39, 0.29) is 0 Å². The van der Waals surface area contributed by atoms with Gasteiger partial charge in [-0.3, -0.25) is 0 Å². The Bertz CT molecular complexity index is 438. The lowest BCUT2D eigenvalue weighted by Gasteiger charge is -1.90.